The number of anilines is 1. The van der Waals surface area contributed by atoms with E-state index in [0.717, 1.165) is 51.4 Å². The number of urea groups is 1. The van der Waals surface area contributed by atoms with Crippen molar-refractivity contribution in [3.63, 3.8) is 0 Å². The second-order valence-corrected chi connectivity index (χ2v) is 13.4. The molecule has 0 radical (unpaired) electrons. The molecule has 3 saturated carbocycles. The van der Waals surface area contributed by atoms with Crippen molar-refractivity contribution >= 4 is 35.2 Å². The van der Waals surface area contributed by atoms with Crippen LogP contribution in [0.2, 0.25) is 0 Å². The van der Waals surface area contributed by atoms with E-state index in [1.54, 1.807) is 11.9 Å². The molecule has 5 amide bonds. The lowest BCUT2D eigenvalue weighted by atomic mass is 9.80. The Bertz CT molecular complexity index is 1210. The van der Waals surface area contributed by atoms with Gasteiger partial charge in [0, 0.05) is 19.3 Å². The monoisotopic (exact) mass is 579 g/mol. The molecule has 1 aromatic rings. The van der Waals surface area contributed by atoms with Crippen molar-refractivity contribution in [2.45, 2.75) is 89.8 Å². The van der Waals surface area contributed by atoms with Crippen molar-refractivity contribution in [3.8, 4) is 0 Å². The molecular formula is C32H45N5O5. The highest BCUT2D eigenvalue weighted by Gasteiger charge is 2.69. The average molecular weight is 580 g/mol. The first-order valence-electron chi connectivity index (χ1n) is 15.5. The lowest BCUT2D eigenvalue weighted by molar-refractivity contribution is -0.144. The van der Waals surface area contributed by atoms with Gasteiger partial charge in [-0.05, 0) is 60.5 Å². The summed E-state index contributed by atoms with van der Waals surface area (Å²) < 4.78 is 0. The van der Waals surface area contributed by atoms with Crippen LogP contribution in [0.5, 0.6) is 0 Å². The highest BCUT2D eigenvalue weighted by Crippen LogP contribution is 2.65. The number of para-hydroxylation sites is 1. The molecule has 0 bridgehead atoms. The topological polar surface area (TPSA) is 142 Å². The molecule has 5 rings (SSSR count). The molecule has 228 valence electrons. The van der Waals surface area contributed by atoms with Gasteiger partial charge in [-0.15, -0.1) is 0 Å². The van der Waals surface area contributed by atoms with Crippen LogP contribution in [0.3, 0.4) is 0 Å². The van der Waals surface area contributed by atoms with Gasteiger partial charge in [-0.1, -0.05) is 70.6 Å². The van der Waals surface area contributed by atoms with E-state index >= 15 is 0 Å². The van der Waals surface area contributed by atoms with Crippen LogP contribution in [0.1, 0.15) is 71.6 Å². The fraction of sp³-hybridized carbons (Fsp3) is 0.656. The minimum atomic E-state index is -1.06. The minimum absolute atomic E-state index is 0.0316. The van der Waals surface area contributed by atoms with Crippen molar-refractivity contribution in [3.05, 3.63) is 30.3 Å². The highest BCUT2D eigenvalue weighted by molar-refractivity contribution is 6.37. The van der Waals surface area contributed by atoms with Gasteiger partial charge in [-0.2, -0.15) is 0 Å². The Morgan fingerprint density at radius 1 is 0.976 bits per heavy atom. The van der Waals surface area contributed by atoms with E-state index in [4.69, 9.17) is 5.73 Å². The van der Waals surface area contributed by atoms with Crippen LogP contribution in [-0.2, 0) is 19.2 Å². The van der Waals surface area contributed by atoms with Crippen LogP contribution in [-0.4, -0.2) is 66.2 Å². The molecule has 3 aliphatic carbocycles. The number of primary amides is 1. The standard InChI is InChI=1S/C32H45N5O5/c1-32(2)22-18-37(26(24(22)32)29(40)34-23(27(38)28(33)39)17-19-11-10-12-19)30(41)25(20-13-6-4-7-14-20)35-31(42)36(3)21-15-8-5-9-16-21/h5,8-9,15-16,19-20,22-26H,4,6-7,10-14,17-18H2,1-3H3,(H2,33,39)(H,34,40)(H,35,42)/t22?,23?,24?,25-,26-/m0/s1. The molecular weight excluding hydrogens is 534 g/mol. The zero-order valence-electron chi connectivity index (χ0n) is 25.0. The van der Waals surface area contributed by atoms with E-state index in [1.165, 1.54) is 4.90 Å². The number of amides is 5. The van der Waals surface area contributed by atoms with Crippen molar-refractivity contribution < 1.29 is 24.0 Å². The number of fused-ring (bicyclic) bond motifs is 1. The van der Waals surface area contributed by atoms with Gasteiger partial charge in [0.25, 0.3) is 5.91 Å². The number of carbonyl (C=O) groups is 5. The highest BCUT2D eigenvalue weighted by atomic mass is 16.2. The van der Waals surface area contributed by atoms with Crippen LogP contribution >= 0.6 is 0 Å². The summed E-state index contributed by atoms with van der Waals surface area (Å²) in [6.45, 7) is 4.61. The lowest BCUT2D eigenvalue weighted by Crippen LogP contribution is -2.60. The van der Waals surface area contributed by atoms with Crippen LogP contribution in [0.15, 0.2) is 30.3 Å². The van der Waals surface area contributed by atoms with Gasteiger partial charge in [-0.25, -0.2) is 4.79 Å². The van der Waals surface area contributed by atoms with Gasteiger partial charge in [-0.3, -0.25) is 24.1 Å². The van der Waals surface area contributed by atoms with Gasteiger partial charge in [0.1, 0.15) is 12.1 Å². The zero-order valence-corrected chi connectivity index (χ0v) is 25.0. The Kier molecular flexibility index (Phi) is 8.62. The zero-order chi connectivity index (χ0) is 30.2. The van der Waals surface area contributed by atoms with Gasteiger partial charge in [0.05, 0.1) is 6.04 Å². The fourth-order valence-corrected chi connectivity index (χ4v) is 7.56. The number of ketones is 1. The molecule has 1 heterocycles. The number of Topliss-reactive ketones (excluding diaryl/α,β-unsaturated/α-hetero) is 1. The smallest absolute Gasteiger partial charge is 0.322 e. The maximum absolute atomic E-state index is 14.4. The van der Waals surface area contributed by atoms with Crippen LogP contribution in [0.4, 0.5) is 10.5 Å². The quantitative estimate of drug-likeness (QED) is 0.366. The number of rotatable bonds is 10. The number of nitrogens with two attached hydrogens (primary N) is 1. The molecule has 10 heteroatoms. The SMILES string of the molecule is CN(C(=O)N[C@H](C(=O)N1CC2C([C@H]1C(=O)NC(CC1CCC1)C(=O)C(N)=O)C2(C)C)C1CCCCC1)c1ccccc1. The van der Waals surface area contributed by atoms with Gasteiger partial charge >= 0.3 is 6.03 Å². The number of likely N-dealkylation sites (tertiary alicyclic amines) is 1. The first kappa shape index (κ1) is 30.0. The molecule has 0 spiro atoms. The number of piperidine rings is 1. The second-order valence-electron chi connectivity index (χ2n) is 13.4. The third-order valence-electron chi connectivity index (χ3n) is 10.5. The third kappa shape index (κ3) is 5.90. The molecule has 4 aliphatic rings. The number of nitrogens with one attached hydrogen (secondary N) is 2. The minimum Gasteiger partial charge on any atom is -0.363 e. The first-order valence-corrected chi connectivity index (χ1v) is 15.5. The van der Waals surface area contributed by atoms with Gasteiger partial charge < -0.3 is 21.3 Å². The summed E-state index contributed by atoms with van der Waals surface area (Å²) >= 11 is 0. The molecule has 5 atom stereocenters. The lowest BCUT2D eigenvalue weighted by Gasteiger charge is -2.38. The van der Waals surface area contributed by atoms with Crippen LogP contribution < -0.4 is 21.3 Å². The molecule has 1 aromatic carbocycles. The molecule has 0 aromatic heterocycles. The summed E-state index contributed by atoms with van der Waals surface area (Å²) in [5, 5.41) is 5.87. The predicted molar refractivity (Wildman–Crippen MR) is 158 cm³/mol. The summed E-state index contributed by atoms with van der Waals surface area (Å²) in [5.74, 6) is -2.23. The third-order valence-corrected chi connectivity index (χ3v) is 10.5. The Balaban J connectivity index is 1.37. The molecule has 10 nitrogen and oxygen atoms in total. The van der Waals surface area contributed by atoms with E-state index in [0.29, 0.717) is 18.7 Å². The predicted octanol–water partition coefficient (Wildman–Crippen LogP) is 2.99. The Morgan fingerprint density at radius 3 is 2.24 bits per heavy atom. The fourth-order valence-electron chi connectivity index (χ4n) is 7.56. The maximum Gasteiger partial charge on any atom is 0.322 e. The van der Waals surface area contributed by atoms with Gasteiger partial charge in [0.15, 0.2) is 0 Å². The van der Waals surface area contributed by atoms with E-state index in [-0.39, 0.29) is 41.0 Å². The summed E-state index contributed by atoms with van der Waals surface area (Å²) in [6.07, 6.45) is 8.05. The normalized spacial score (nSPS) is 26.3. The molecule has 1 aliphatic heterocycles. The Hall–Kier alpha value is -3.43. The largest absolute Gasteiger partial charge is 0.363 e. The number of nitrogens with zero attached hydrogens (tertiary/aromatic N) is 2. The van der Waals surface area contributed by atoms with Gasteiger partial charge in [0.2, 0.25) is 17.6 Å². The van der Waals surface area contributed by atoms with E-state index in [2.05, 4.69) is 24.5 Å². The van der Waals surface area contributed by atoms with Crippen LogP contribution in [0, 0.1) is 29.1 Å². The maximum atomic E-state index is 14.4. The number of hydrogen-bond acceptors (Lipinski definition) is 5. The molecule has 1 saturated heterocycles. The van der Waals surface area contributed by atoms with E-state index in [1.807, 2.05) is 30.3 Å². The van der Waals surface area contributed by atoms with Crippen molar-refractivity contribution in [2.75, 3.05) is 18.5 Å². The number of carbonyl (C=O) groups excluding carboxylic acids is 5. The second kappa shape index (κ2) is 12.1. The summed E-state index contributed by atoms with van der Waals surface area (Å²) in [5.41, 5.74) is 5.92. The Morgan fingerprint density at radius 2 is 1.64 bits per heavy atom. The molecule has 42 heavy (non-hydrogen) atoms. The van der Waals surface area contributed by atoms with E-state index < -0.39 is 35.7 Å². The van der Waals surface area contributed by atoms with Crippen LogP contribution in [0.25, 0.3) is 0 Å². The van der Waals surface area contributed by atoms with Crippen molar-refractivity contribution in [2.24, 2.45) is 34.8 Å². The summed E-state index contributed by atoms with van der Waals surface area (Å²) in [7, 11) is 1.68. The number of hydrogen-bond donors (Lipinski definition) is 3. The number of benzene rings is 1. The van der Waals surface area contributed by atoms with Crippen molar-refractivity contribution in [1.29, 1.82) is 0 Å². The molecule has 4 N–H and O–H groups in total. The summed E-state index contributed by atoms with van der Waals surface area (Å²) in [6, 6.07) is 6.34. The first-order chi connectivity index (χ1) is 20.0. The Labute approximate surface area is 248 Å². The average Bonchev–Trinajstić information content (AvgIpc) is 3.28. The molecule has 4 fully saturated rings. The van der Waals surface area contributed by atoms with Crippen molar-refractivity contribution in [1.82, 2.24) is 15.5 Å². The molecule has 3 unspecified atom stereocenters. The summed E-state index contributed by atoms with van der Waals surface area (Å²) in [4.78, 5) is 69.3. The van der Waals surface area contributed by atoms with E-state index in [9.17, 15) is 24.0 Å².